The van der Waals surface area contributed by atoms with Crippen molar-refractivity contribution in [3.05, 3.63) is 16.7 Å². The van der Waals surface area contributed by atoms with Crippen LogP contribution in [0.25, 0.3) is 11.2 Å². The summed E-state index contributed by atoms with van der Waals surface area (Å²) in [5.74, 6) is -0.209. The van der Waals surface area contributed by atoms with Crippen molar-refractivity contribution in [3.8, 4) is 0 Å². The second kappa shape index (κ2) is 11.4. The molecule has 34 heavy (non-hydrogen) atoms. The smallest absolute Gasteiger partial charge is 0.394 e. The Bertz CT molecular complexity index is 1070. The van der Waals surface area contributed by atoms with E-state index < -0.39 is 69.4 Å². The summed E-state index contributed by atoms with van der Waals surface area (Å²) in [6.45, 7) is -1.31. The van der Waals surface area contributed by atoms with Crippen LogP contribution in [0.4, 0.5) is 5.95 Å². The number of aromatic amines is 1. The highest BCUT2D eigenvalue weighted by Crippen LogP contribution is 2.44. The number of imidazole rings is 1. The molecule has 0 saturated carbocycles. The van der Waals surface area contributed by atoms with E-state index in [0.717, 1.165) is 10.9 Å². The highest BCUT2D eigenvalue weighted by atomic mass is 31.2. The molecule has 2 aromatic heterocycles. The molecule has 19 heteroatoms. The molecular formula is C15H24N5O13P. The van der Waals surface area contributed by atoms with Gasteiger partial charge in [-0.05, 0) is 0 Å². The Morgan fingerprint density at radius 3 is 2.50 bits per heavy atom. The van der Waals surface area contributed by atoms with Gasteiger partial charge >= 0.3 is 7.82 Å². The van der Waals surface area contributed by atoms with Crippen molar-refractivity contribution in [1.82, 2.24) is 19.5 Å². The monoisotopic (exact) mass is 513 g/mol. The number of H-pyrrole nitrogens is 1. The fourth-order valence-corrected chi connectivity index (χ4v) is 3.46. The van der Waals surface area contributed by atoms with Crippen molar-refractivity contribution in [3.63, 3.8) is 0 Å². The number of hydrogen-bond acceptors (Lipinski definition) is 14. The summed E-state index contributed by atoms with van der Waals surface area (Å²) in [6, 6.07) is 0. The van der Waals surface area contributed by atoms with E-state index in [1.54, 1.807) is 0 Å². The fourth-order valence-electron chi connectivity index (χ4n) is 2.91. The number of aliphatic hydroxyl groups is 6. The van der Waals surface area contributed by atoms with Gasteiger partial charge in [0, 0.05) is 0 Å². The quantitative estimate of drug-likeness (QED) is 0.116. The summed E-state index contributed by atoms with van der Waals surface area (Å²) >= 11 is 0. The lowest BCUT2D eigenvalue weighted by molar-refractivity contribution is -0.127. The summed E-state index contributed by atoms with van der Waals surface area (Å²) in [7, 11) is -4.98. The average molecular weight is 513 g/mol. The van der Waals surface area contributed by atoms with Gasteiger partial charge in [0.15, 0.2) is 23.7 Å². The van der Waals surface area contributed by atoms with Crippen LogP contribution in [0.1, 0.15) is 6.23 Å². The first-order valence-electron chi connectivity index (χ1n) is 9.35. The van der Waals surface area contributed by atoms with E-state index in [9.17, 15) is 24.4 Å². The normalized spacial score (nSPS) is 25.4. The van der Waals surface area contributed by atoms with Gasteiger partial charge in [0.05, 0.1) is 19.5 Å². The number of phosphoric acid groups is 1. The number of rotatable bonds is 8. The third kappa shape index (κ3) is 6.40. The number of carbonyl (C=O) groups is 1. The van der Waals surface area contributed by atoms with Crippen molar-refractivity contribution in [1.29, 1.82) is 0 Å². The summed E-state index contributed by atoms with van der Waals surface area (Å²) in [5.41, 5.74) is 4.72. The molecule has 0 spiro atoms. The van der Waals surface area contributed by atoms with Crippen LogP contribution >= 0.6 is 7.82 Å². The van der Waals surface area contributed by atoms with Crippen LogP contribution in [0.2, 0.25) is 0 Å². The molecule has 0 bridgehead atoms. The number of fused-ring (bicyclic) bond motifs is 1. The van der Waals surface area contributed by atoms with E-state index in [4.69, 9.17) is 40.7 Å². The molecule has 0 radical (unpaired) electrons. The number of ether oxygens (including phenoxy) is 1. The SMILES string of the molecule is Nc1nc2c(ncn2[C@@H]2O[C@H](CO)[C@@H](O)[C@H]2OP(=O)(O)O)c(=O)[nH]1.O=CC(O)C(O)C(O)CO. The predicted molar refractivity (Wildman–Crippen MR) is 108 cm³/mol. The number of phosphoric ester groups is 1. The van der Waals surface area contributed by atoms with Crippen molar-refractivity contribution < 1.29 is 59.0 Å². The second-order valence-electron chi connectivity index (χ2n) is 6.94. The van der Waals surface area contributed by atoms with Gasteiger partial charge in [-0.15, -0.1) is 0 Å². The lowest BCUT2D eigenvalue weighted by atomic mass is 10.1. The van der Waals surface area contributed by atoms with Crippen molar-refractivity contribution in [2.24, 2.45) is 0 Å². The van der Waals surface area contributed by atoms with Gasteiger partial charge in [-0.1, -0.05) is 0 Å². The van der Waals surface area contributed by atoms with E-state index in [2.05, 4.69) is 19.5 Å². The molecule has 192 valence electrons. The molecule has 1 aliphatic heterocycles. The summed E-state index contributed by atoms with van der Waals surface area (Å²) in [5, 5.41) is 53.3. The molecule has 0 aliphatic carbocycles. The van der Waals surface area contributed by atoms with Crippen LogP contribution in [0.5, 0.6) is 0 Å². The Morgan fingerprint density at radius 2 is 1.97 bits per heavy atom. The Kier molecular flexibility index (Phi) is 9.34. The number of anilines is 1. The Morgan fingerprint density at radius 1 is 1.32 bits per heavy atom. The molecule has 11 N–H and O–H groups in total. The van der Waals surface area contributed by atoms with Gasteiger partial charge in [0.2, 0.25) is 5.95 Å². The largest absolute Gasteiger partial charge is 0.470 e. The van der Waals surface area contributed by atoms with Crippen LogP contribution in [-0.4, -0.2) is 116 Å². The number of nitrogens with zero attached hydrogens (tertiary/aromatic N) is 3. The number of carbonyl (C=O) groups excluding carboxylic acids is 1. The molecule has 1 saturated heterocycles. The number of nitrogens with two attached hydrogens (primary N) is 1. The highest BCUT2D eigenvalue weighted by Gasteiger charge is 2.48. The zero-order valence-corrected chi connectivity index (χ0v) is 18.0. The van der Waals surface area contributed by atoms with Crippen molar-refractivity contribution in [2.45, 2.75) is 42.9 Å². The summed E-state index contributed by atoms with van der Waals surface area (Å²) in [6.07, 6.45) is -9.05. The van der Waals surface area contributed by atoms with Crippen LogP contribution < -0.4 is 11.3 Å². The lowest BCUT2D eigenvalue weighted by Crippen LogP contribution is -2.40. The molecule has 2 aromatic rings. The molecular weight excluding hydrogens is 489 g/mol. The van der Waals surface area contributed by atoms with Crippen LogP contribution in [0, 0.1) is 0 Å². The lowest BCUT2D eigenvalue weighted by Gasteiger charge is -2.22. The van der Waals surface area contributed by atoms with Gasteiger partial charge in [0.1, 0.15) is 36.6 Å². The summed E-state index contributed by atoms with van der Waals surface area (Å²) < 4.78 is 22.2. The van der Waals surface area contributed by atoms with Gasteiger partial charge in [0.25, 0.3) is 5.56 Å². The predicted octanol–water partition coefficient (Wildman–Crippen LogP) is -5.31. The number of nitrogens with one attached hydrogen (secondary N) is 1. The topological polar surface area (TPSA) is 304 Å². The minimum absolute atomic E-state index is 0.0358. The van der Waals surface area contributed by atoms with E-state index in [0.29, 0.717) is 0 Å². The fraction of sp³-hybridized carbons (Fsp3) is 0.600. The Hall–Kier alpha value is -2.35. The van der Waals surface area contributed by atoms with Gasteiger partial charge in [-0.3, -0.25) is 18.9 Å². The zero-order valence-electron chi connectivity index (χ0n) is 17.1. The molecule has 3 unspecified atom stereocenters. The maximum Gasteiger partial charge on any atom is 0.470 e. The molecule has 18 nitrogen and oxygen atoms in total. The van der Waals surface area contributed by atoms with Crippen LogP contribution in [-0.2, 0) is 18.6 Å². The average Bonchev–Trinajstić information content (AvgIpc) is 3.32. The third-order valence-electron chi connectivity index (χ3n) is 4.55. The molecule has 7 atom stereocenters. The summed E-state index contributed by atoms with van der Waals surface area (Å²) in [4.78, 5) is 49.6. The van der Waals surface area contributed by atoms with E-state index in [1.807, 2.05) is 0 Å². The van der Waals surface area contributed by atoms with E-state index in [1.165, 1.54) is 0 Å². The first-order valence-corrected chi connectivity index (χ1v) is 10.9. The Balaban J connectivity index is 0.000000347. The minimum Gasteiger partial charge on any atom is -0.394 e. The molecule has 0 amide bonds. The maximum atomic E-state index is 11.8. The van der Waals surface area contributed by atoms with E-state index >= 15 is 0 Å². The van der Waals surface area contributed by atoms with Gasteiger partial charge in [-0.25, -0.2) is 9.55 Å². The zero-order chi connectivity index (χ0) is 25.8. The second-order valence-corrected chi connectivity index (χ2v) is 8.13. The third-order valence-corrected chi connectivity index (χ3v) is 5.07. The molecule has 3 heterocycles. The van der Waals surface area contributed by atoms with Crippen LogP contribution in [0.3, 0.4) is 0 Å². The maximum absolute atomic E-state index is 11.8. The van der Waals surface area contributed by atoms with Gasteiger partial charge < -0.3 is 55.7 Å². The standard InChI is InChI=1S/C10H14N5O8P.C5H10O5/c11-10-13-7-4(8(18)14-10)12-2-15(7)9-6(23-24(19,20)21)5(17)3(1-16)22-9;6-1-3(8)5(10)4(9)2-7/h2-3,5-6,9,16-17H,1H2,(H2,19,20,21)(H3,11,13,14,18);1,3-5,7-10H,2H2/t3-,5-,6-,9-;/m1./s1. The number of hydrogen-bond donors (Lipinski definition) is 10. The number of aliphatic hydroxyl groups excluding tert-OH is 6. The molecule has 0 aromatic carbocycles. The molecule has 3 rings (SSSR count). The Labute approximate surface area is 189 Å². The highest BCUT2D eigenvalue weighted by molar-refractivity contribution is 7.46. The first kappa shape index (κ1) is 27.9. The van der Waals surface area contributed by atoms with Crippen molar-refractivity contribution >= 4 is 31.2 Å². The molecule has 1 aliphatic rings. The van der Waals surface area contributed by atoms with Crippen LogP contribution in [0.15, 0.2) is 11.1 Å². The van der Waals surface area contributed by atoms with E-state index in [-0.39, 0.29) is 23.4 Å². The number of aromatic nitrogens is 4. The minimum atomic E-state index is -4.98. The van der Waals surface area contributed by atoms with Gasteiger partial charge in [-0.2, -0.15) is 4.98 Å². The number of aldehydes is 1. The molecule has 1 fully saturated rings. The van der Waals surface area contributed by atoms with Crippen molar-refractivity contribution in [2.75, 3.05) is 18.9 Å². The first-order chi connectivity index (χ1) is 15.8. The number of nitrogen functional groups attached to an aromatic ring is 1.